The minimum absolute atomic E-state index is 0.0362. The highest BCUT2D eigenvalue weighted by atomic mass is 32.2. The van der Waals surface area contributed by atoms with E-state index in [4.69, 9.17) is 4.74 Å². The molecule has 1 atom stereocenters. The van der Waals surface area contributed by atoms with Crippen LogP contribution in [0.3, 0.4) is 0 Å². The van der Waals surface area contributed by atoms with Gasteiger partial charge in [-0.15, -0.1) is 11.8 Å². The number of fused-ring (bicyclic) bond motifs is 1. The summed E-state index contributed by atoms with van der Waals surface area (Å²) < 4.78 is 4.73. The maximum atomic E-state index is 12.7. The van der Waals surface area contributed by atoms with Crippen LogP contribution in [-0.4, -0.2) is 36.7 Å². The van der Waals surface area contributed by atoms with Gasteiger partial charge in [-0.1, -0.05) is 31.2 Å². The molecule has 1 aliphatic rings. The average molecular weight is 398 g/mol. The molecule has 1 heterocycles. The molecular formula is C21H22N2O4S. The van der Waals surface area contributed by atoms with Crippen molar-refractivity contribution in [2.45, 2.75) is 29.9 Å². The minimum atomic E-state index is -0.525. The number of amides is 2. The number of nitrogens with one attached hydrogen (secondary N) is 1. The number of benzene rings is 2. The van der Waals surface area contributed by atoms with Gasteiger partial charge in [0.15, 0.2) is 0 Å². The second-order valence-electron chi connectivity index (χ2n) is 6.49. The molecule has 0 saturated heterocycles. The quantitative estimate of drug-likeness (QED) is 0.777. The predicted molar refractivity (Wildman–Crippen MR) is 110 cm³/mol. The molecule has 0 spiro atoms. The summed E-state index contributed by atoms with van der Waals surface area (Å²) in [6.07, 6.45) is 0.131. The smallest absolute Gasteiger partial charge is 0.339 e. The van der Waals surface area contributed by atoms with Gasteiger partial charge in [-0.05, 0) is 24.3 Å². The zero-order valence-corrected chi connectivity index (χ0v) is 16.6. The molecule has 0 saturated carbocycles. The van der Waals surface area contributed by atoms with Gasteiger partial charge in [0.25, 0.3) is 0 Å². The van der Waals surface area contributed by atoms with E-state index in [2.05, 4.69) is 12.2 Å². The van der Waals surface area contributed by atoms with Gasteiger partial charge >= 0.3 is 5.97 Å². The number of hydrogen-bond donors (Lipinski definition) is 1. The number of anilines is 2. The molecule has 2 aromatic rings. The molecule has 3 rings (SSSR count). The summed E-state index contributed by atoms with van der Waals surface area (Å²) in [5, 5.41) is 2.99. The van der Waals surface area contributed by atoms with Crippen molar-refractivity contribution in [3.63, 3.8) is 0 Å². The molecule has 2 amide bonds. The Bertz CT molecular complexity index is 899. The number of para-hydroxylation sites is 2. The maximum absolute atomic E-state index is 12.7. The van der Waals surface area contributed by atoms with E-state index in [1.54, 1.807) is 40.9 Å². The molecule has 0 bridgehead atoms. The molecular weight excluding hydrogens is 376 g/mol. The van der Waals surface area contributed by atoms with E-state index >= 15 is 0 Å². The first kappa shape index (κ1) is 19.9. The lowest BCUT2D eigenvalue weighted by Gasteiger charge is -2.32. The summed E-state index contributed by atoms with van der Waals surface area (Å²) in [5.41, 5.74) is 1.55. The van der Waals surface area contributed by atoms with Gasteiger partial charge in [0.1, 0.15) is 0 Å². The largest absolute Gasteiger partial charge is 0.465 e. The van der Waals surface area contributed by atoms with Crippen molar-refractivity contribution in [3.8, 4) is 0 Å². The topological polar surface area (TPSA) is 75.7 Å². The van der Waals surface area contributed by atoms with Crippen LogP contribution in [0.15, 0.2) is 53.4 Å². The molecule has 7 heteroatoms. The molecule has 0 radical (unpaired) electrons. The Hall–Kier alpha value is -2.80. The van der Waals surface area contributed by atoms with Crippen LogP contribution in [0, 0.1) is 0 Å². The summed E-state index contributed by atoms with van der Waals surface area (Å²) in [6, 6.07) is 14.4. The Morgan fingerprint density at radius 2 is 1.82 bits per heavy atom. The number of esters is 1. The molecule has 1 unspecified atom stereocenters. The fourth-order valence-corrected chi connectivity index (χ4v) is 4.19. The SMILES string of the molecule is COC(=O)c1ccccc1NC(=O)CCC(=O)N1CC(C)Sc2ccccc21. The highest BCUT2D eigenvalue weighted by Gasteiger charge is 2.26. The van der Waals surface area contributed by atoms with Crippen molar-refractivity contribution in [1.29, 1.82) is 0 Å². The molecule has 28 heavy (non-hydrogen) atoms. The lowest BCUT2D eigenvalue weighted by molar-refractivity contribution is -0.122. The Balaban J connectivity index is 1.63. The van der Waals surface area contributed by atoms with Crippen LogP contribution in [0.4, 0.5) is 11.4 Å². The molecule has 2 aromatic carbocycles. The number of carbonyl (C=O) groups excluding carboxylic acids is 3. The van der Waals surface area contributed by atoms with Gasteiger partial charge in [0, 0.05) is 29.5 Å². The van der Waals surface area contributed by atoms with Crippen molar-refractivity contribution in [1.82, 2.24) is 0 Å². The molecule has 0 fully saturated rings. The predicted octanol–water partition coefficient (Wildman–Crippen LogP) is 3.72. The van der Waals surface area contributed by atoms with Crippen LogP contribution in [0.25, 0.3) is 0 Å². The van der Waals surface area contributed by atoms with Gasteiger partial charge in [0.2, 0.25) is 11.8 Å². The van der Waals surface area contributed by atoms with Crippen molar-refractivity contribution in [2.24, 2.45) is 0 Å². The summed E-state index contributed by atoms with van der Waals surface area (Å²) in [6.45, 7) is 2.70. The number of carbonyl (C=O) groups is 3. The van der Waals surface area contributed by atoms with Crippen molar-refractivity contribution in [3.05, 3.63) is 54.1 Å². The highest BCUT2D eigenvalue weighted by Crippen LogP contribution is 2.38. The number of hydrogen-bond acceptors (Lipinski definition) is 5. The fraction of sp³-hybridized carbons (Fsp3) is 0.286. The summed E-state index contributed by atoms with van der Waals surface area (Å²) >= 11 is 1.75. The average Bonchev–Trinajstić information content (AvgIpc) is 2.71. The Morgan fingerprint density at radius 3 is 2.61 bits per heavy atom. The van der Waals surface area contributed by atoms with Gasteiger partial charge < -0.3 is 15.0 Å². The number of thioether (sulfide) groups is 1. The summed E-state index contributed by atoms with van der Waals surface area (Å²) in [5.74, 6) is -0.934. The van der Waals surface area contributed by atoms with E-state index in [1.165, 1.54) is 7.11 Å². The third-order valence-electron chi connectivity index (χ3n) is 4.40. The Labute approximate surface area is 168 Å². The number of rotatable bonds is 5. The van der Waals surface area contributed by atoms with E-state index in [-0.39, 0.29) is 30.2 Å². The van der Waals surface area contributed by atoms with Crippen molar-refractivity contribution < 1.29 is 19.1 Å². The molecule has 0 aromatic heterocycles. The summed E-state index contributed by atoms with van der Waals surface area (Å²) in [4.78, 5) is 39.7. The third-order valence-corrected chi connectivity index (χ3v) is 5.55. The van der Waals surface area contributed by atoms with Crippen molar-refractivity contribution >= 4 is 40.9 Å². The van der Waals surface area contributed by atoms with E-state index < -0.39 is 5.97 Å². The molecule has 6 nitrogen and oxygen atoms in total. The van der Waals surface area contributed by atoms with E-state index in [1.807, 2.05) is 24.3 Å². The van der Waals surface area contributed by atoms with Gasteiger partial charge in [-0.25, -0.2) is 4.79 Å². The summed E-state index contributed by atoms with van der Waals surface area (Å²) in [7, 11) is 1.29. The lowest BCUT2D eigenvalue weighted by Crippen LogP contribution is -2.38. The monoisotopic (exact) mass is 398 g/mol. The first-order valence-corrected chi connectivity index (χ1v) is 9.91. The zero-order valence-electron chi connectivity index (χ0n) is 15.8. The minimum Gasteiger partial charge on any atom is -0.465 e. The second kappa shape index (κ2) is 8.93. The Morgan fingerprint density at radius 1 is 1.11 bits per heavy atom. The van der Waals surface area contributed by atoms with E-state index in [0.29, 0.717) is 17.5 Å². The van der Waals surface area contributed by atoms with Gasteiger partial charge in [-0.2, -0.15) is 0 Å². The standard InChI is InChI=1S/C21H22N2O4S/c1-14-13-23(17-9-5-6-10-18(17)28-14)20(25)12-11-19(24)22-16-8-4-3-7-15(16)21(26)27-2/h3-10,14H,11-13H2,1-2H3,(H,22,24). The van der Waals surface area contributed by atoms with Crippen LogP contribution < -0.4 is 10.2 Å². The number of ether oxygens (including phenoxy) is 1. The van der Waals surface area contributed by atoms with Gasteiger partial charge in [0.05, 0.1) is 24.0 Å². The van der Waals surface area contributed by atoms with E-state index in [9.17, 15) is 14.4 Å². The highest BCUT2D eigenvalue weighted by molar-refractivity contribution is 8.00. The second-order valence-corrected chi connectivity index (χ2v) is 7.97. The van der Waals surface area contributed by atoms with E-state index in [0.717, 1.165) is 10.6 Å². The number of nitrogens with zero attached hydrogens (tertiary/aromatic N) is 1. The van der Waals surface area contributed by atoms with Crippen molar-refractivity contribution in [2.75, 3.05) is 23.9 Å². The molecule has 1 N–H and O–H groups in total. The normalized spacial score (nSPS) is 15.5. The van der Waals surface area contributed by atoms with Crippen LogP contribution in [0.1, 0.15) is 30.1 Å². The lowest BCUT2D eigenvalue weighted by atomic mass is 10.1. The number of methoxy groups -OCH3 is 1. The van der Waals surface area contributed by atoms with Crippen LogP contribution in [0.2, 0.25) is 0 Å². The van der Waals surface area contributed by atoms with Crippen LogP contribution in [-0.2, 0) is 14.3 Å². The van der Waals surface area contributed by atoms with Crippen LogP contribution >= 0.6 is 11.8 Å². The Kier molecular flexibility index (Phi) is 6.36. The van der Waals surface area contributed by atoms with Crippen LogP contribution in [0.5, 0.6) is 0 Å². The zero-order chi connectivity index (χ0) is 20.1. The third kappa shape index (κ3) is 4.54. The molecule has 146 valence electrons. The first-order chi connectivity index (χ1) is 13.5. The maximum Gasteiger partial charge on any atom is 0.339 e. The fourth-order valence-electron chi connectivity index (χ4n) is 3.07. The van der Waals surface area contributed by atoms with Gasteiger partial charge in [-0.3, -0.25) is 9.59 Å². The molecule has 1 aliphatic heterocycles. The first-order valence-electron chi connectivity index (χ1n) is 9.03. The molecule has 0 aliphatic carbocycles.